The topological polar surface area (TPSA) is 111 Å². The van der Waals surface area contributed by atoms with Crippen LogP contribution in [0.1, 0.15) is 341 Å². The molecular weight excluding hydrogens is 1030 g/mol. The van der Waals surface area contributed by atoms with Crippen LogP contribution >= 0.6 is 7.82 Å². The van der Waals surface area contributed by atoms with Gasteiger partial charge in [-0.1, -0.05) is 326 Å². The molecule has 9 nitrogen and oxygen atoms in total. The van der Waals surface area contributed by atoms with Crippen LogP contribution in [0.4, 0.5) is 0 Å². The van der Waals surface area contributed by atoms with Crippen LogP contribution in [0.2, 0.25) is 0 Å². The van der Waals surface area contributed by atoms with Gasteiger partial charge in [0.2, 0.25) is 0 Å². The summed E-state index contributed by atoms with van der Waals surface area (Å²) in [7, 11) is 1.19. The molecule has 0 aromatic heterocycles. The second-order valence-electron chi connectivity index (χ2n) is 24.9. The molecule has 476 valence electrons. The minimum atomic E-state index is -4.63. The number of esters is 2. The Hall–Kier alpha value is -2.03. The molecule has 0 bridgehead atoms. The van der Waals surface area contributed by atoms with Crippen LogP contribution in [0.15, 0.2) is 48.6 Å². The van der Waals surface area contributed by atoms with Crippen molar-refractivity contribution in [1.82, 2.24) is 0 Å². The standard InChI is InChI=1S/C71H134NO8P/c1-6-8-10-12-14-16-18-20-22-24-26-27-28-29-30-31-32-33-34-35-36-37-38-39-40-41-42-43-44-45-46-48-50-52-54-56-58-60-62-64-71(74)80-69(68-79-81(75,76)78-66-65-72(3,4)5)67-77-70(73)63-61-59-57-55-53-51-49-47-25-23-21-19-17-15-13-11-9-7-2/h8,10,14,16,20,22,26-27,69H,6-7,9,11-13,15,17-19,21,23-25,28-68H2,1-5H3/b10-8-,16-14-,22-20-,27-26-. The maximum absolute atomic E-state index is 12.8. The number of carbonyl (C=O) groups excluding carboxylic acids is 2. The van der Waals surface area contributed by atoms with E-state index in [4.69, 9.17) is 18.5 Å². The van der Waals surface area contributed by atoms with Crippen molar-refractivity contribution in [1.29, 1.82) is 0 Å². The molecule has 0 amide bonds. The zero-order valence-electron chi connectivity index (χ0n) is 54.2. The van der Waals surface area contributed by atoms with Crippen molar-refractivity contribution in [3.63, 3.8) is 0 Å². The van der Waals surface area contributed by atoms with E-state index in [-0.39, 0.29) is 32.0 Å². The molecule has 81 heavy (non-hydrogen) atoms. The lowest BCUT2D eigenvalue weighted by atomic mass is 10.0. The zero-order valence-corrected chi connectivity index (χ0v) is 55.1. The lowest BCUT2D eigenvalue weighted by Crippen LogP contribution is -2.37. The maximum atomic E-state index is 12.8. The third-order valence-corrected chi connectivity index (χ3v) is 16.6. The second-order valence-corrected chi connectivity index (χ2v) is 26.3. The highest BCUT2D eigenvalue weighted by Gasteiger charge is 2.22. The van der Waals surface area contributed by atoms with E-state index in [1.54, 1.807) is 0 Å². The number of quaternary nitrogens is 1. The molecule has 0 aliphatic heterocycles. The van der Waals surface area contributed by atoms with Gasteiger partial charge in [-0.2, -0.15) is 0 Å². The molecule has 0 saturated heterocycles. The zero-order chi connectivity index (χ0) is 59.1. The van der Waals surface area contributed by atoms with Gasteiger partial charge >= 0.3 is 11.9 Å². The van der Waals surface area contributed by atoms with Crippen molar-refractivity contribution in [3.05, 3.63) is 48.6 Å². The molecule has 0 fully saturated rings. The summed E-state index contributed by atoms with van der Waals surface area (Å²) < 4.78 is 34.3. The van der Waals surface area contributed by atoms with Gasteiger partial charge in [0.05, 0.1) is 27.7 Å². The highest BCUT2D eigenvalue weighted by atomic mass is 31.2. The number of ether oxygens (including phenoxy) is 2. The first-order valence-electron chi connectivity index (χ1n) is 34.8. The van der Waals surface area contributed by atoms with Gasteiger partial charge in [0.25, 0.3) is 7.82 Å². The fourth-order valence-corrected chi connectivity index (χ4v) is 11.0. The van der Waals surface area contributed by atoms with E-state index < -0.39 is 26.5 Å². The molecule has 0 radical (unpaired) electrons. The fourth-order valence-electron chi connectivity index (χ4n) is 10.3. The Bertz CT molecular complexity index is 1510. The number of phosphoric ester groups is 1. The van der Waals surface area contributed by atoms with Crippen LogP contribution in [0, 0.1) is 0 Å². The monoisotopic (exact) mass is 1160 g/mol. The highest BCUT2D eigenvalue weighted by molar-refractivity contribution is 7.45. The number of hydrogen-bond donors (Lipinski definition) is 0. The van der Waals surface area contributed by atoms with Gasteiger partial charge in [0.15, 0.2) is 6.10 Å². The summed E-state index contributed by atoms with van der Waals surface area (Å²) in [5.41, 5.74) is 0. The smallest absolute Gasteiger partial charge is 0.306 e. The van der Waals surface area contributed by atoms with Crippen LogP contribution in [-0.4, -0.2) is 70.0 Å². The van der Waals surface area contributed by atoms with Crippen molar-refractivity contribution in [2.24, 2.45) is 0 Å². The number of nitrogens with zero attached hydrogens (tertiary/aromatic N) is 1. The van der Waals surface area contributed by atoms with Crippen molar-refractivity contribution < 1.29 is 42.1 Å². The van der Waals surface area contributed by atoms with Crippen molar-refractivity contribution in [2.75, 3.05) is 47.5 Å². The first-order chi connectivity index (χ1) is 39.5. The maximum Gasteiger partial charge on any atom is 0.306 e. The van der Waals surface area contributed by atoms with E-state index in [0.29, 0.717) is 17.4 Å². The minimum absolute atomic E-state index is 0.0272. The molecule has 0 heterocycles. The van der Waals surface area contributed by atoms with Gasteiger partial charge in [-0.15, -0.1) is 0 Å². The van der Waals surface area contributed by atoms with Gasteiger partial charge in [-0.3, -0.25) is 14.2 Å². The number of carbonyl (C=O) groups is 2. The first-order valence-corrected chi connectivity index (χ1v) is 36.3. The molecule has 0 aliphatic carbocycles. The molecular formula is C71H134NO8P. The third-order valence-electron chi connectivity index (χ3n) is 15.6. The summed E-state index contributed by atoms with van der Waals surface area (Å²) in [5, 5.41) is 0. The Kier molecular flexibility index (Phi) is 60.9. The molecule has 0 spiro atoms. The molecule has 10 heteroatoms. The molecule has 0 saturated carbocycles. The summed E-state index contributed by atoms with van der Waals surface area (Å²) in [6.45, 7) is 4.19. The summed E-state index contributed by atoms with van der Waals surface area (Å²) in [4.78, 5) is 38.0. The van der Waals surface area contributed by atoms with E-state index in [1.807, 2.05) is 21.1 Å². The predicted molar refractivity (Wildman–Crippen MR) is 347 cm³/mol. The third kappa shape index (κ3) is 67.0. The van der Waals surface area contributed by atoms with E-state index >= 15 is 0 Å². The van der Waals surface area contributed by atoms with Crippen molar-refractivity contribution in [2.45, 2.75) is 347 Å². The average Bonchev–Trinajstić information content (AvgIpc) is 3.43. The molecule has 0 aromatic rings. The van der Waals surface area contributed by atoms with Crippen LogP contribution in [0.3, 0.4) is 0 Å². The minimum Gasteiger partial charge on any atom is -0.756 e. The summed E-state index contributed by atoms with van der Waals surface area (Å²) in [6, 6.07) is 0. The number of likely N-dealkylation sites (N-methyl/N-ethyl adjacent to an activating group) is 1. The summed E-state index contributed by atoms with van der Waals surface area (Å²) in [5.74, 6) is -0.811. The molecule has 2 atom stereocenters. The molecule has 0 aromatic carbocycles. The number of hydrogen-bond acceptors (Lipinski definition) is 8. The molecule has 0 rings (SSSR count). The SMILES string of the molecule is CC/C=C\C/C=C\C/C=C\C/C=C\CCCCCCCCCCCCCCCCCCCCCCCCCCCCC(=O)OC(COC(=O)CCCCCCCCCCCCCCCCCCCC)COP(=O)([O-])OCC[N+](C)(C)C. The van der Waals surface area contributed by atoms with E-state index in [9.17, 15) is 19.0 Å². The first kappa shape index (κ1) is 79.0. The molecule has 2 unspecified atom stereocenters. The average molecular weight is 1160 g/mol. The number of unbranched alkanes of at least 4 members (excludes halogenated alkanes) is 43. The van der Waals surface area contributed by atoms with Crippen LogP contribution in [0.5, 0.6) is 0 Å². The Morgan fingerprint density at radius 1 is 0.395 bits per heavy atom. The largest absolute Gasteiger partial charge is 0.756 e. The summed E-state index contributed by atoms with van der Waals surface area (Å²) in [6.07, 6.45) is 80.6. The normalized spacial score (nSPS) is 13.4. The Balaban J connectivity index is 3.90. The Morgan fingerprint density at radius 3 is 1.05 bits per heavy atom. The lowest BCUT2D eigenvalue weighted by molar-refractivity contribution is -0.870. The van der Waals surface area contributed by atoms with E-state index in [0.717, 1.165) is 57.8 Å². The highest BCUT2D eigenvalue weighted by Crippen LogP contribution is 2.38. The Morgan fingerprint density at radius 2 is 0.704 bits per heavy atom. The number of allylic oxidation sites excluding steroid dienone is 8. The van der Waals surface area contributed by atoms with E-state index in [2.05, 4.69) is 62.5 Å². The van der Waals surface area contributed by atoms with Crippen LogP contribution in [0.25, 0.3) is 0 Å². The Labute approximate surface area is 503 Å². The molecule has 0 aliphatic rings. The second kappa shape index (κ2) is 62.5. The van der Waals surface area contributed by atoms with Gasteiger partial charge in [0.1, 0.15) is 19.8 Å². The van der Waals surface area contributed by atoms with Crippen LogP contribution in [-0.2, 0) is 32.7 Å². The molecule has 0 N–H and O–H groups in total. The predicted octanol–water partition coefficient (Wildman–Crippen LogP) is 21.8. The van der Waals surface area contributed by atoms with E-state index in [1.165, 1.54) is 250 Å². The fraction of sp³-hybridized carbons (Fsp3) is 0.859. The number of rotatable bonds is 65. The van der Waals surface area contributed by atoms with Gasteiger partial charge in [0, 0.05) is 12.8 Å². The quantitative estimate of drug-likeness (QED) is 0.0195. The van der Waals surface area contributed by atoms with Gasteiger partial charge in [-0.25, -0.2) is 0 Å². The number of phosphoric acid groups is 1. The van der Waals surface area contributed by atoms with Gasteiger partial charge < -0.3 is 27.9 Å². The summed E-state index contributed by atoms with van der Waals surface area (Å²) >= 11 is 0. The van der Waals surface area contributed by atoms with Gasteiger partial charge in [-0.05, 0) is 51.4 Å². The van der Waals surface area contributed by atoms with Crippen molar-refractivity contribution in [3.8, 4) is 0 Å². The van der Waals surface area contributed by atoms with Crippen LogP contribution < -0.4 is 4.89 Å². The van der Waals surface area contributed by atoms with Crippen molar-refractivity contribution >= 4 is 19.8 Å². The lowest BCUT2D eigenvalue weighted by Gasteiger charge is -2.28.